The summed E-state index contributed by atoms with van der Waals surface area (Å²) in [5, 5.41) is 0.832. The Bertz CT molecular complexity index is 1050. The van der Waals surface area contributed by atoms with Crippen molar-refractivity contribution in [2.45, 2.75) is 0 Å². The molecule has 0 unspecified atom stereocenters. The molecule has 6 heteroatoms. The third kappa shape index (κ3) is 1.42. The van der Waals surface area contributed by atoms with Crippen molar-refractivity contribution in [2.24, 2.45) is 0 Å². The van der Waals surface area contributed by atoms with Gasteiger partial charge in [0.25, 0.3) is 0 Å². The Kier molecular flexibility index (Phi) is 2.31. The van der Waals surface area contributed by atoms with Crippen LogP contribution in [0.15, 0.2) is 41.2 Å². The van der Waals surface area contributed by atoms with Crippen LogP contribution in [0.3, 0.4) is 0 Å². The van der Waals surface area contributed by atoms with Gasteiger partial charge in [-0.15, -0.1) is 11.3 Å². The lowest BCUT2D eigenvalue weighted by Gasteiger charge is -2.04. The summed E-state index contributed by atoms with van der Waals surface area (Å²) in [7, 11) is 0. The van der Waals surface area contributed by atoms with Crippen molar-refractivity contribution in [2.75, 3.05) is 5.73 Å². The molecule has 0 radical (unpaired) electrons. The highest BCUT2D eigenvalue weighted by atomic mass is 35.5. The van der Waals surface area contributed by atoms with Gasteiger partial charge in [0.2, 0.25) is 5.43 Å². The fraction of sp³-hybridized carbons (Fsp3) is 0. The molecule has 0 aliphatic rings. The van der Waals surface area contributed by atoms with Crippen molar-refractivity contribution >= 4 is 54.7 Å². The number of halogens is 1. The summed E-state index contributed by atoms with van der Waals surface area (Å²) in [5.41, 5.74) is 7.57. The maximum atomic E-state index is 12.3. The van der Waals surface area contributed by atoms with Crippen LogP contribution in [0.2, 0.25) is 5.15 Å². The SMILES string of the molecule is Nc1c(=O)c2ccc(Cl)nc2n2c1sc1ccccc12. The fourth-order valence-corrected chi connectivity index (χ4v) is 3.63. The van der Waals surface area contributed by atoms with Crippen molar-refractivity contribution in [3.05, 3.63) is 51.8 Å². The number of rotatable bonds is 0. The Morgan fingerprint density at radius 3 is 2.85 bits per heavy atom. The van der Waals surface area contributed by atoms with E-state index in [-0.39, 0.29) is 11.1 Å². The summed E-state index contributed by atoms with van der Waals surface area (Å²) < 4.78 is 2.95. The molecule has 4 rings (SSSR count). The van der Waals surface area contributed by atoms with Gasteiger partial charge in [0.1, 0.15) is 15.7 Å². The third-order valence-corrected chi connectivity index (χ3v) is 4.66. The van der Waals surface area contributed by atoms with Gasteiger partial charge in [-0.2, -0.15) is 0 Å². The van der Waals surface area contributed by atoms with Crippen LogP contribution in [0.1, 0.15) is 0 Å². The van der Waals surface area contributed by atoms with Crippen LogP contribution >= 0.6 is 22.9 Å². The second-order valence-corrected chi connectivity index (χ2v) is 5.88. The van der Waals surface area contributed by atoms with Crippen molar-refractivity contribution in [3.8, 4) is 0 Å². The van der Waals surface area contributed by atoms with E-state index in [0.717, 1.165) is 10.2 Å². The van der Waals surface area contributed by atoms with Crippen LogP contribution in [0.25, 0.3) is 26.1 Å². The molecular formula is C14H8ClN3OS. The summed E-state index contributed by atoms with van der Waals surface area (Å²) in [5.74, 6) is 0. The molecule has 0 saturated carbocycles. The van der Waals surface area contributed by atoms with E-state index in [0.29, 0.717) is 21.0 Å². The molecule has 98 valence electrons. The first kappa shape index (κ1) is 11.7. The summed E-state index contributed by atoms with van der Waals surface area (Å²) in [6.07, 6.45) is 0. The van der Waals surface area contributed by atoms with Crippen LogP contribution in [0.5, 0.6) is 0 Å². The number of fused-ring (bicyclic) bond motifs is 5. The number of anilines is 1. The zero-order chi connectivity index (χ0) is 13.9. The zero-order valence-corrected chi connectivity index (χ0v) is 11.7. The molecule has 3 aromatic heterocycles. The van der Waals surface area contributed by atoms with Gasteiger partial charge in [0.15, 0.2) is 5.65 Å². The van der Waals surface area contributed by atoms with Gasteiger partial charge in [0, 0.05) is 0 Å². The van der Waals surface area contributed by atoms with E-state index in [1.165, 1.54) is 11.3 Å². The minimum atomic E-state index is -0.198. The minimum absolute atomic E-state index is 0.198. The largest absolute Gasteiger partial charge is 0.393 e. The second kappa shape index (κ2) is 3.94. The molecule has 4 nitrogen and oxygen atoms in total. The van der Waals surface area contributed by atoms with E-state index >= 15 is 0 Å². The van der Waals surface area contributed by atoms with Crippen LogP contribution in [-0.2, 0) is 0 Å². The van der Waals surface area contributed by atoms with Gasteiger partial charge >= 0.3 is 0 Å². The number of thiazole rings is 1. The van der Waals surface area contributed by atoms with Crippen molar-refractivity contribution in [1.29, 1.82) is 0 Å². The van der Waals surface area contributed by atoms with E-state index in [9.17, 15) is 4.79 Å². The molecule has 0 spiro atoms. The van der Waals surface area contributed by atoms with Gasteiger partial charge in [0.05, 0.1) is 15.6 Å². The average molecular weight is 302 g/mol. The Morgan fingerprint density at radius 1 is 1.20 bits per heavy atom. The predicted octanol–water partition coefficient (Wildman–Crippen LogP) is 3.30. The monoisotopic (exact) mass is 301 g/mol. The molecule has 0 amide bonds. The topological polar surface area (TPSA) is 60.4 Å². The van der Waals surface area contributed by atoms with Crippen molar-refractivity contribution < 1.29 is 0 Å². The fourth-order valence-electron chi connectivity index (χ4n) is 2.39. The van der Waals surface area contributed by atoms with Gasteiger partial charge in [-0.1, -0.05) is 23.7 Å². The summed E-state index contributed by atoms with van der Waals surface area (Å²) >= 11 is 7.45. The molecule has 0 bridgehead atoms. The lowest BCUT2D eigenvalue weighted by Crippen LogP contribution is -2.12. The predicted molar refractivity (Wildman–Crippen MR) is 83.8 cm³/mol. The quantitative estimate of drug-likeness (QED) is 0.507. The summed E-state index contributed by atoms with van der Waals surface area (Å²) in [6.45, 7) is 0. The number of nitrogens with two attached hydrogens (primary N) is 1. The molecule has 0 saturated heterocycles. The first-order valence-corrected chi connectivity index (χ1v) is 7.14. The van der Waals surface area contributed by atoms with Crippen LogP contribution in [0, 0.1) is 0 Å². The van der Waals surface area contributed by atoms with Gasteiger partial charge in [-0.05, 0) is 24.3 Å². The standard InChI is InChI=1S/C14H8ClN3OS/c15-10-6-5-7-12(19)11(16)14-18(13(7)17-10)8-3-1-2-4-9(8)20-14/h1-6H,16H2. The first-order valence-electron chi connectivity index (χ1n) is 5.95. The number of hydrogen-bond donors (Lipinski definition) is 1. The number of hydrogen-bond acceptors (Lipinski definition) is 4. The maximum Gasteiger partial charge on any atom is 0.215 e. The van der Waals surface area contributed by atoms with E-state index in [1.54, 1.807) is 12.1 Å². The Morgan fingerprint density at radius 2 is 2.00 bits per heavy atom. The molecule has 0 fully saturated rings. The van der Waals surface area contributed by atoms with Crippen LogP contribution < -0.4 is 11.2 Å². The van der Waals surface area contributed by atoms with Gasteiger partial charge in [-0.3, -0.25) is 9.20 Å². The van der Waals surface area contributed by atoms with E-state index < -0.39 is 0 Å². The second-order valence-electron chi connectivity index (χ2n) is 4.46. The Labute approximate surface area is 122 Å². The molecule has 3 heterocycles. The molecule has 1 aromatic carbocycles. The molecule has 20 heavy (non-hydrogen) atoms. The first-order chi connectivity index (χ1) is 9.66. The highest BCUT2D eigenvalue weighted by Crippen LogP contribution is 2.31. The summed E-state index contributed by atoms with van der Waals surface area (Å²) in [4.78, 5) is 17.3. The van der Waals surface area contributed by atoms with Crippen LogP contribution in [-0.4, -0.2) is 9.38 Å². The molecular weight excluding hydrogens is 294 g/mol. The zero-order valence-electron chi connectivity index (χ0n) is 10.1. The summed E-state index contributed by atoms with van der Waals surface area (Å²) in [6, 6.07) is 11.1. The van der Waals surface area contributed by atoms with Crippen LogP contribution in [0.4, 0.5) is 5.69 Å². The molecule has 0 atom stereocenters. The van der Waals surface area contributed by atoms with Crippen molar-refractivity contribution in [3.63, 3.8) is 0 Å². The molecule has 2 N–H and O–H groups in total. The number of nitrogen functional groups attached to an aromatic ring is 1. The average Bonchev–Trinajstić information content (AvgIpc) is 2.84. The Hall–Kier alpha value is -2.11. The minimum Gasteiger partial charge on any atom is -0.393 e. The molecule has 4 aromatic rings. The lowest BCUT2D eigenvalue weighted by molar-refractivity contribution is 1.24. The number of para-hydroxylation sites is 1. The smallest absolute Gasteiger partial charge is 0.215 e. The number of nitrogens with zero attached hydrogens (tertiary/aromatic N) is 2. The maximum absolute atomic E-state index is 12.3. The third-order valence-electron chi connectivity index (χ3n) is 3.29. The van der Waals surface area contributed by atoms with Gasteiger partial charge in [-0.25, -0.2) is 4.98 Å². The van der Waals surface area contributed by atoms with E-state index in [4.69, 9.17) is 17.3 Å². The molecule has 0 aliphatic carbocycles. The lowest BCUT2D eigenvalue weighted by atomic mass is 10.2. The van der Waals surface area contributed by atoms with Gasteiger partial charge < -0.3 is 5.73 Å². The normalized spacial score (nSPS) is 11.7. The van der Waals surface area contributed by atoms with Crippen molar-refractivity contribution in [1.82, 2.24) is 9.38 Å². The number of aromatic nitrogens is 2. The van der Waals surface area contributed by atoms with E-state index in [1.807, 2.05) is 28.7 Å². The van der Waals surface area contributed by atoms with E-state index in [2.05, 4.69) is 4.98 Å². The highest BCUT2D eigenvalue weighted by Gasteiger charge is 2.15. The number of pyridine rings is 2. The molecule has 0 aliphatic heterocycles. The highest BCUT2D eigenvalue weighted by molar-refractivity contribution is 7.24. The Balaban J connectivity index is 2.45. The number of benzene rings is 1.